The molecule has 0 N–H and O–H groups in total. The Morgan fingerprint density at radius 3 is 0.781 bits per heavy atom. The molecule has 420 valence electrons. The molecule has 9 fully saturated rings. The molecule has 3 saturated heterocycles. The van der Waals surface area contributed by atoms with Crippen molar-refractivity contribution in [1.82, 2.24) is 0 Å². The molecule has 0 amide bonds. The van der Waals surface area contributed by atoms with Crippen molar-refractivity contribution in [3.05, 3.63) is 0 Å². The number of carbonyl (C=O) groups is 3. The molecule has 21 heteroatoms. The Bertz CT molecular complexity index is 1830. The third-order valence-corrected chi connectivity index (χ3v) is 17.6. The lowest BCUT2D eigenvalue weighted by Gasteiger charge is -2.48. The van der Waals surface area contributed by atoms with Crippen molar-refractivity contribution in [2.45, 2.75) is 227 Å². The molecule has 9 rings (SSSR count). The van der Waals surface area contributed by atoms with Gasteiger partial charge in [0.1, 0.15) is 17.3 Å². The van der Waals surface area contributed by atoms with Crippen LogP contribution in [0.15, 0.2) is 0 Å². The molecule has 3 heterocycles. The molecule has 3 spiro atoms. The van der Waals surface area contributed by atoms with E-state index in [1.165, 1.54) is 0 Å². The molecular weight excluding hydrogens is 997 g/mol. The predicted molar refractivity (Wildman–Crippen MR) is 239 cm³/mol. The third-order valence-electron chi connectivity index (χ3n) is 17.6. The van der Waals surface area contributed by atoms with Crippen molar-refractivity contribution in [2.75, 3.05) is 39.6 Å². The van der Waals surface area contributed by atoms with Gasteiger partial charge in [0.15, 0.2) is 17.4 Å². The van der Waals surface area contributed by atoms with Crippen molar-refractivity contribution >= 4 is 17.3 Å². The summed E-state index contributed by atoms with van der Waals surface area (Å²) in [5.74, 6) is -35.7. The van der Waals surface area contributed by atoms with Gasteiger partial charge in [-0.2, -0.15) is 52.7 Å². The lowest BCUT2D eigenvalue weighted by molar-refractivity contribution is -0.326. The first-order chi connectivity index (χ1) is 34.0. The normalized spacial score (nSPS) is 27.9. The Hall–Kier alpha value is -2.07. The third kappa shape index (κ3) is 12.6. The van der Waals surface area contributed by atoms with E-state index in [0.29, 0.717) is 39.6 Å². The maximum Gasteiger partial charge on any atom is 0.313 e. The maximum atomic E-state index is 14.7. The Morgan fingerprint density at radius 2 is 0.534 bits per heavy atom. The average molecular weight is 1070 g/mol. The van der Waals surface area contributed by atoms with Crippen LogP contribution in [0.1, 0.15) is 174 Å². The number of Topliss-reactive ketones (excluding diaryl/α,β-unsaturated/α-hetero) is 3. The fourth-order valence-electron chi connectivity index (χ4n) is 12.5. The predicted octanol–water partition coefficient (Wildman–Crippen LogP) is 13.3. The summed E-state index contributed by atoms with van der Waals surface area (Å²) in [6.45, 7) is 6.83. The molecule has 9 aliphatic rings. The summed E-state index contributed by atoms with van der Waals surface area (Å²) in [4.78, 5) is 33.6. The van der Waals surface area contributed by atoms with Crippen molar-refractivity contribution in [1.29, 1.82) is 0 Å². The highest BCUT2D eigenvalue weighted by Gasteiger charge is 2.68. The van der Waals surface area contributed by atoms with Gasteiger partial charge in [0.2, 0.25) is 0 Å². The Balaban J connectivity index is 0.000000161. The quantitative estimate of drug-likeness (QED) is 0.209. The van der Waals surface area contributed by atoms with Crippen LogP contribution in [0.3, 0.4) is 0 Å². The molecule has 0 radical (unpaired) electrons. The first-order valence-electron chi connectivity index (χ1n) is 26.7. The SMILES string of the molecule is CC1(C)COC2(CCC(C(F)(F)C(F)(F)C3CCC(=O)CC3)CC2)OC1.O=C1CCC(C(F)(F)C(F)(F)C2CCC3(CC2)OCCCO3)CC1.O=C1CCC(C(F)(F)C(F)(F)C2CCC3(CC2)OCCO3)CC1. The number of hydrogen-bond acceptors (Lipinski definition) is 9. The number of rotatable bonds is 9. The van der Waals surface area contributed by atoms with Gasteiger partial charge in [0.05, 0.1) is 39.6 Å². The maximum absolute atomic E-state index is 14.7. The van der Waals surface area contributed by atoms with E-state index in [0.717, 1.165) is 6.42 Å². The second-order valence-corrected chi connectivity index (χ2v) is 23.2. The van der Waals surface area contributed by atoms with E-state index in [1.54, 1.807) is 0 Å². The van der Waals surface area contributed by atoms with E-state index >= 15 is 0 Å². The molecular formula is C52H74F12O9. The van der Waals surface area contributed by atoms with Crippen LogP contribution in [0.25, 0.3) is 0 Å². The summed E-state index contributed by atoms with van der Waals surface area (Å²) >= 11 is 0. The molecule has 0 atom stereocenters. The Morgan fingerprint density at radius 1 is 0.329 bits per heavy atom. The van der Waals surface area contributed by atoms with E-state index in [4.69, 9.17) is 28.4 Å². The first-order valence-corrected chi connectivity index (χ1v) is 26.7. The summed E-state index contributed by atoms with van der Waals surface area (Å²) in [5.41, 5.74) is -0.127. The highest BCUT2D eigenvalue weighted by molar-refractivity contribution is 5.79. The summed E-state index contributed by atoms with van der Waals surface area (Å²) in [7, 11) is 0. The van der Waals surface area contributed by atoms with Crippen LogP contribution >= 0.6 is 0 Å². The highest BCUT2D eigenvalue weighted by atomic mass is 19.3. The Kier molecular flexibility index (Phi) is 17.9. The zero-order valence-corrected chi connectivity index (χ0v) is 42.1. The van der Waals surface area contributed by atoms with Crippen LogP contribution in [0.2, 0.25) is 0 Å². The number of halogens is 12. The second kappa shape index (κ2) is 22.3. The number of alkyl halides is 12. The van der Waals surface area contributed by atoms with Crippen LogP contribution in [-0.2, 0) is 42.8 Å². The molecule has 6 saturated carbocycles. The van der Waals surface area contributed by atoms with Crippen LogP contribution < -0.4 is 0 Å². The van der Waals surface area contributed by atoms with E-state index in [2.05, 4.69) is 0 Å². The molecule has 6 aliphatic carbocycles. The standard InChI is InChI=1S/C19H28F4O3.C17H24F4O3.C16H22F4O3/c1-16(2)11-25-17(26-12-16)9-7-14(8-10-17)19(22,23)18(20,21)13-3-5-15(24)6-4-13;18-16(19,12-2-4-14(22)5-3-12)17(20,21)13-6-8-15(9-7-13)23-10-1-11-24-15;17-15(18,11-1-3-13(21)4-2-11)16(19,20)12-5-7-14(8-6-12)22-9-10-23-14/h13-14H,3-12H2,1-2H3;12-13H,1-11H2;11-12H,1-10H2. The smallest absolute Gasteiger partial charge is 0.313 e. The Labute approximate surface area is 419 Å². The highest BCUT2D eigenvalue weighted by Crippen LogP contribution is 2.57. The molecule has 0 bridgehead atoms. The average Bonchev–Trinajstić information content (AvgIpc) is 3.81. The van der Waals surface area contributed by atoms with Crippen molar-refractivity contribution in [3.8, 4) is 0 Å². The van der Waals surface area contributed by atoms with Crippen molar-refractivity contribution in [2.24, 2.45) is 40.9 Å². The van der Waals surface area contributed by atoms with Gasteiger partial charge in [-0.1, -0.05) is 13.8 Å². The van der Waals surface area contributed by atoms with Gasteiger partial charge in [-0.25, -0.2) is 0 Å². The molecule has 0 aromatic rings. The topological polar surface area (TPSA) is 107 Å². The minimum atomic E-state index is -4.08. The van der Waals surface area contributed by atoms with Crippen LogP contribution in [0, 0.1) is 40.9 Å². The summed E-state index contributed by atoms with van der Waals surface area (Å²) in [5, 5.41) is 0. The number of ether oxygens (including phenoxy) is 6. The number of hydrogen-bond donors (Lipinski definition) is 0. The van der Waals surface area contributed by atoms with Gasteiger partial charge in [0.25, 0.3) is 0 Å². The fraction of sp³-hybridized carbons (Fsp3) is 0.942. The molecule has 0 aromatic heterocycles. The lowest BCUT2D eigenvalue weighted by Crippen LogP contribution is -2.55. The monoisotopic (exact) mass is 1070 g/mol. The van der Waals surface area contributed by atoms with Gasteiger partial charge < -0.3 is 28.4 Å². The summed E-state index contributed by atoms with van der Waals surface area (Å²) in [6, 6.07) is 0. The van der Waals surface area contributed by atoms with Gasteiger partial charge in [-0.3, -0.25) is 14.4 Å². The molecule has 9 nitrogen and oxygen atoms in total. The second-order valence-electron chi connectivity index (χ2n) is 23.2. The zero-order chi connectivity index (χ0) is 53.4. The van der Waals surface area contributed by atoms with Crippen LogP contribution in [0.4, 0.5) is 52.7 Å². The summed E-state index contributed by atoms with van der Waals surface area (Å²) < 4.78 is 209. The minimum Gasteiger partial charge on any atom is -0.350 e. The van der Waals surface area contributed by atoms with Crippen molar-refractivity contribution < 1.29 is 95.5 Å². The van der Waals surface area contributed by atoms with E-state index in [9.17, 15) is 67.1 Å². The molecule has 3 aliphatic heterocycles. The van der Waals surface area contributed by atoms with E-state index in [1.807, 2.05) is 13.8 Å². The van der Waals surface area contributed by atoms with Gasteiger partial charge in [-0.05, 0) is 83.5 Å². The van der Waals surface area contributed by atoms with E-state index < -0.39 is 88.4 Å². The van der Waals surface area contributed by atoms with Gasteiger partial charge in [-0.15, -0.1) is 0 Å². The van der Waals surface area contributed by atoms with Gasteiger partial charge >= 0.3 is 35.5 Å². The van der Waals surface area contributed by atoms with Crippen molar-refractivity contribution in [3.63, 3.8) is 0 Å². The minimum absolute atomic E-state index is 0.0220. The van der Waals surface area contributed by atoms with Crippen LogP contribution in [-0.4, -0.2) is 110 Å². The molecule has 0 aromatic carbocycles. The molecule has 0 unspecified atom stereocenters. The molecule has 73 heavy (non-hydrogen) atoms. The van der Waals surface area contributed by atoms with E-state index in [-0.39, 0.29) is 177 Å². The number of ketones is 3. The largest absolute Gasteiger partial charge is 0.350 e. The lowest BCUT2D eigenvalue weighted by atomic mass is 9.73. The zero-order valence-electron chi connectivity index (χ0n) is 42.1. The van der Waals surface area contributed by atoms with Gasteiger partial charge in [0, 0.05) is 118 Å². The van der Waals surface area contributed by atoms with Crippen LogP contribution in [0.5, 0.6) is 0 Å². The summed E-state index contributed by atoms with van der Waals surface area (Å²) in [6.07, 6.45) is 0.831. The fourth-order valence-corrected chi connectivity index (χ4v) is 12.5. The number of carbonyl (C=O) groups excluding carboxylic acids is 3. The first kappa shape index (κ1) is 58.6.